The van der Waals surface area contributed by atoms with E-state index < -0.39 is 5.41 Å². The van der Waals surface area contributed by atoms with Gasteiger partial charge in [0.25, 0.3) is 0 Å². The summed E-state index contributed by atoms with van der Waals surface area (Å²) < 4.78 is 4.60. The van der Waals surface area contributed by atoms with Crippen LogP contribution < -0.4 is 0 Å². The fourth-order valence-corrected chi connectivity index (χ4v) is 0.867. The molecule has 0 rings (SSSR count). The predicted molar refractivity (Wildman–Crippen MR) is 45.7 cm³/mol. The van der Waals surface area contributed by atoms with Crippen molar-refractivity contribution in [2.75, 3.05) is 7.11 Å². The Hall–Kier alpha value is -0.860. The molecule has 0 heterocycles. The van der Waals surface area contributed by atoms with Crippen LogP contribution in [0.1, 0.15) is 33.6 Å². The normalized spacial score (nSPS) is 11.0. The minimum Gasteiger partial charge on any atom is -0.469 e. The van der Waals surface area contributed by atoms with Crippen molar-refractivity contribution in [3.8, 4) is 0 Å². The van der Waals surface area contributed by atoms with Crippen LogP contribution in [0.15, 0.2) is 0 Å². The summed E-state index contributed by atoms with van der Waals surface area (Å²) >= 11 is 0. The lowest BCUT2D eigenvalue weighted by atomic mass is 9.87. The number of esters is 1. The van der Waals surface area contributed by atoms with Crippen molar-refractivity contribution in [1.82, 2.24) is 0 Å². The molecule has 0 aliphatic heterocycles. The van der Waals surface area contributed by atoms with Crippen LogP contribution in [0.5, 0.6) is 0 Å². The molecule has 0 saturated heterocycles. The second-order valence-corrected chi connectivity index (χ2v) is 3.58. The lowest BCUT2D eigenvalue weighted by molar-refractivity contribution is -0.151. The first kappa shape index (κ1) is 11.1. The highest BCUT2D eigenvalue weighted by Gasteiger charge is 2.28. The molecule has 0 aliphatic carbocycles. The molecule has 0 aromatic heterocycles. The molecule has 0 spiro atoms. The molecular formula is C9H16O3. The number of hydrogen-bond donors (Lipinski definition) is 0. The van der Waals surface area contributed by atoms with E-state index >= 15 is 0 Å². The first-order chi connectivity index (χ1) is 5.40. The van der Waals surface area contributed by atoms with Gasteiger partial charge in [-0.2, -0.15) is 0 Å². The highest BCUT2D eigenvalue weighted by molar-refractivity contribution is 5.79. The van der Waals surface area contributed by atoms with E-state index in [9.17, 15) is 9.59 Å². The van der Waals surface area contributed by atoms with Gasteiger partial charge in [0.05, 0.1) is 12.5 Å². The maximum absolute atomic E-state index is 11.1. The van der Waals surface area contributed by atoms with Gasteiger partial charge in [-0.25, -0.2) is 0 Å². The average molecular weight is 172 g/mol. The Kier molecular flexibility index (Phi) is 3.93. The summed E-state index contributed by atoms with van der Waals surface area (Å²) in [5, 5.41) is 0. The van der Waals surface area contributed by atoms with Gasteiger partial charge in [0.1, 0.15) is 5.78 Å². The van der Waals surface area contributed by atoms with Crippen LogP contribution in [0, 0.1) is 5.41 Å². The van der Waals surface area contributed by atoms with Crippen molar-refractivity contribution in [1.29, 1.82) is 0 Å². The number of carbonyl (C=O) groups excluding carboxylic acids is 2. The molecule has 3 heteroatoms. The molecule has 3 nitrogen and oxygen atoms in total. The number of methoxy groups -OCH3 is 1. The average Bonchev–Trinajstić information content (AvgIpc) is 1.99. The summed E-state index contributed by atoms with van der Waals surface area (Å²) in [5.41, 5.74) is -0.541. The highest BCUT2D eigenvalue weighted by atomic mass is 16.5. The monoisotopic (exact) mass is 172 g/mol. The third-order valence-electron chi connectivity index (χ3n) is 1.84. The Morgan fingerprint density at radius 1 is 1.33 bits per heavy atom. The van der Waals surface area contributed by atoms with Crippen molar-refractivity contribution in [2.24, 2.45) is 5.41 Å². The van der Waals surface area contributed by atoms with Gasteiger partial charge in [-0.05, 0) is 27.2 Å². The molecule has 0 bridgehead atoms. The van der Waals surface area contributed by atoms with Gasteiger partial charge >= 0.3 is 5.97 Å². The predicted octanol–water partition coefficient (Wildman–Crippen LogP) is 1.55. The van der Waals surface area contributed by atoms with E-state index in [-0.39, 0.29) is 11.8 Å². The lowest BCUT2D eigenvalue weighted by Gasteiger charge is -2.20. The summed E-state index contributed by atoms with van der Waals surface area (Å²) in [6.45, 7) is 5.08. The summed E-state index contributed by atoms with van der Waals surface area (Å²) in [4.78, 5) is 21.8. The van der Waals surface area contributed by atoms with E-state index in [1.807, 2.05) is 0 Å². The summed E-state index contributed by atoms with van der Waals surface area (Å²) in [6.07, 6.45) is 0.983. The Morgan fingerprint density at radius 3 is 2.17 bits per heavy atom. The zero-order valence-electron chi connectivity index (χ0n) is 8.14. The SMILES string of the molecule is COC(=O)C(C)(C)CCC(C)=O. The fourth-order valence-electron chi connectivity index (χ4n) is 0.867. The molecule has 0 unspecified atom stereocenters. The van der Waals surface area contributed by atoms with Gasteiger partial charge in [0.2, 0.25) is 0 Å². The van der Waals surface area contributed by atoms with Crippen molar-refractivity contribution in [3.63, 3.8) is 0 Å². The largest absolute Gasteiger partial charge is 0.469 e. The van der Waals surface area contributed by atoms with E-state index in [1.54, 1.807) is 13.8 Å². The van der Waals surface area contributed by atoms with E-state index in [0.717, 1.165) is 0 Å². The fraction of sp³-hybridized carbons (Fsp3) is 0.778. The number of ketones is 1. The van der Waals surface area contributed by atoms with Crippen LogP contribution >= 0.6 is 0 Å². The van der Waals surface area contributed by atoms with Gasteiger partial charge in [-0.1, -0.05) is 0 Å². The smallest absolute Gasteiger partial charge is 0.311 e. The van der Waals surface area contributed by atoms with Gasteiger partial charge in [-0.3, -0.25) is 4.79 Å². The van der Waals surface area contributed by atoms with Gasteiger partial charge in [0, 0.05) is 6.42 Å². The third-order valence-corrected chi connectivity index (χ3v) is 1.84. The number of hydrogen-bond acceptors (Lipinski definition) is 3. The summed E-state index contributed by atoms with van der Waals surface area (Å²) in [6, 6.07) is 0. The van der Waals surface area contributed by atoms with Crippen molar-refractivity contribution in [2.45, 2.75) is 33.6 Å². The maximum atomic E-state index is 11.1. The van der Waals surface area contributed by atoms with Crippen LogP contribution in [0.4, 0.5) is 0 Å². The molecular weight excluding hydrogens is 156 g/mol. The number of rotatable bonds is 4. The zero-order chi connectivity index (χ0) is 9.78. The van der Waals surface area contributed by atoms with Gasteiger partial charge in [-0.15, -0.1) is 0 Å². The standard InChI is InChI=1S/C9H16O3/c1-7(10)5-6-9(2,3)8(11)12-4/h5-6H2,1-4H3. The van der Waals surface area contributed by atoms with E-state index in [0.29, 0.717) is 12.8 Å². The van der Waals surface area contributed by atoms with Crippen molar-refractivity contribution < 1.29 is 14.3 Å². The third kappa shape index (κ3) is 3.51. The van der Waals surface area contributed by atoms with E-state index in [2.05, 4.69) is 4.74 Å². The quantitative estimate of drug-likeness (QED) is 0.604. The molecule has 0 saturated carbocycles. The second-order valence-electron chi connectivity index (χ2n) is 3.58. The molecule has 0 aromatic rings. The molecule has 70 valence electrons. The number of Topliss-reactive ketones (excluding diaryl/α,β-unsaturated/α-hetero) is 1. The molecule has 0 fully saturated rings. The first-order valence-corrected chi connectivity index (χ1v) is 3.98. The topological polar surface area (TPSA) is 43.4 Å². The molecule has 0 N–H and O–H groups in total. The van der Waals surface area contributed by atoms with E-state index in [4.69, 9.17) is 0 Å². The van der Waals surface area contributed by atoms with Crippen LogP contribution in [0.3, 0.4) is 0 Å². The Bertz CT molecular complexity index is 182. The molecule has 0 amide bonds. The summed E-state index contributed by atoms with van der Waals surface area (Å²) in [5.74, 6) is -0.157. The minimum absolute atomic E-state index is 0.104. The molecule has 0 radical (unpaired) electrons. The van der Waals surface area contributed by atoms with Crippen LogP contribution in [-0.4, -0.2) is 18.9 Å². The van der Waals surface area contributed by atoms with Crippen molar-refractivity contribution >= 4 is 11.8 Å². The van der Waals surface area contributed by atoms with Crippen LogP contribution in [-0.2, 0) is 14.3 Å². The van der Waals surface area contributed by atoms with Gasteiger partial charge in [0.15, 0.2) is 0 Å². The number of ether oxygens (including phenoxy) is 1. The zero-order valence-corrected chi connectivity index (χ0v) is 8.14. The van der Waals surface area contributed by atoms with Crippen LogP contribution in [0.25, 0.3) is 0 Å². The molecule has 0 atom stereocenters. The molecule has 0 aromatic carbocycles. The first-order valence-electron chi connectivity index (χ1n) is 3.98. The second kappa shape index (κ2) is 4.24. The molecule has 12 heavy (non-hydrogen) atoms. The highest BCUT2D eigenvalue weighted by Crippen LogP contribution is 2.23. The Morgan fingerprint density at radius 2 is 1.83 bits per heavy atom. The van der Waals surface area contributed by atoms with E-state index in [1.165, 1.54) is 14.0 Å². The maximum Gasteiger partial charge on any atom is 0.311 e. The minimum atomic E-state index is -0.541. The van der Waals surface area contributed by atoms with Crippen molar-refractivity contribution in [3.05, 3.63) is 0 Å². The Labute approximate surface area is 73.1 Å². The van der Waals surface area contributed by atoms with Crippen LogP contribution in [0.2, 0.25) is 0 Å². The Balaban J connectivity index is 4.03. The lowest BCUT2D eigenvalue weighted by Crippen LogP contribution is -2.26. The van der Waals surface area contributed by atoms with Gasteiger partial charge < -0.3 is 9.53 Å². The number of carbonyl (C=O) groups is 2. The molecule has 0 aliphatic rings. The summed E-state index contributed by atoms with van der Waals surface area (Å²) in [7, 11) is 1.36.